The number of hydrogen-bond donors (Lipinski definition) is 1. The molecule has 0 spiro atoms. The number of unbranched alkanes of at least 4 members (excludes halogenated alkanes) is 1. The van der Waals surface area contributed by atoms with Crippen molar-refractivity contribution in [1.82, 2.24) is 10.2 Å². The maximum Gasteiger partial charge on any atom is 0.261 e. The maximum atomic E-state index is 13.7. The Labute approximate surface area is 225 Å². The quantitative estimate of drug-likeness (QED) is 0.265. The summed E-state index contributed by atoms with van der Waals surface area (Å²) >= 11 is 6.46. The van der Waals surface area contributed by atoms with Gasteiger partial charge in [-0.2, -0.15) is 0 Å². The molecule has 5 nitrogen and oxygen atoms in total. The smallest absolute Gasteiger partial charge is 0.261 e. The lowest BCUT2D eigenvalue weighted by molar-refractivity contribution is -0.142. The van der Waals surface area contributed by atoms with Gasteiger partial charge in [-0.3, -0.25) is 9.59 Å². The van der Waals surface area contributed by atoms with E-state index in [4.69, 9.17) is 16.3 Å². The van der Waals surface area contributed by atoms with E-state index in [2.05, 4.69) is 26.1 Å². The summed E-state index contributed by atoms with van der Waals surface area (Å²) in [5, 5.41) is 3.57. The zero-order chi connectivity index (χ0) is 26.6. The highest BCUT2D eigenvalue weighted by Gasteiger charge is 2.31. The van der Waals surface area contributed by atoms with Crippen molar-refractivity contribution in [2.45, 2.75) is 58.5 Å². The van der Waals surface area contributed by atoms with Crippen LogP contribution in [0.3, 0.4) is 0 Å². The molecule has 0 saturated heterocycles. The minimum Gasteiger partial charge on any atom is -0.484 e. The molecule has 0 fully saturated rings. The monoisotopic (exact) mass is 520 g/mol. The molecule has 6 heteroatoms. The van der Waals surface area contributed by atoms with Gasteiger partial charge in [0.15, 0.2) is 6.61 Å². The van der Waals surface area contributed by atoms with Gasteiger partial charge in [0, 0.05) is 24.5 Å². The molecule has 196 valence electrons. The van der Waals surface area contributed by atoms with Crippen LogP contribution in [0, 0.1) is 0 Å². The maximum absolute atomic E-state index is 13.7. The van der Waals surface area contributed by atoms with Crippen LogP contribution in [-0.2, 0) is 22.6 Å². The summed E-state index contributed by atoms with van der Waals surface area (Å²) < 4.78 is 5.87. The summed E-state index contributed by atoms with van der Waals surface area (Å²) in [5.74, 6) is 0.563. The van der Waals surface area contributed by atoms with Crippen LogP contribution in [0.4, 0.5) is 0 Å². The molecule has 3 aromatic carbocycles. The summed E-state index contributed by atoms with van der Waals surface area (Å²) in [6.07, 6.45) is 2.23. The van der Waals surface area contributed by atoms with E-state index in [1.54, 1.807) is 11.0 Å². The van der Waals surface area contributed by atoms with Gasteiger partial charge in [-0.25, -0.2) is 0 Å². The van der Waals surface area contributed by atoms with Gasteiger partial charge in [0.05, 0.1) is 0 Å². The SMILES string of the molecule is CCCCNC(=O)[C@H](Cc1ccccc1)N(Cc1ccccc1Cl)C(=O)COc1ccc(C(C)C)cc1. The molecule has 0 aliphatic heterocycles. The van der Waals surface area contributed by atoms with Crippen molar-refractivity contribution in [1.29, 1.82) is 0 Å². The average molecular weight is 521 g/mol. The Morgan fingerprint density at radius 3 is 2.27 bits per heavy atom. The molecule has 0 heterocycles. The van der Waals surface area contributed by atoms with Gasteiger partial charge >= 0.3 is 0 Å². The van der Waals surface area contributed by atoms with E-state index in [0.717, 1.165) is 24.0 Å². The predicted octanol–water partition coefficient (Wildman–Crippen LogP) is 6.40. The summed E-state index contributed by atoms with van der Waals surface area (Å²) in [6, 6.07) is 24.2. The Morgan fingerprint density at radius 1 is 0.946 bits per heavy atom. The van der Waals surface area contributed by atoms with Crippen LogP contribution in [-0.4, -0.2) is 35.9 Å². The molecule has 0 radical (unpaired) electrons. The highest BCUT2D eigenvalue weighted by molar-refractivity contribution is 6.31. The zero-order valence-corrected chi connectivity index (χ0v) is 22.7. The number of ether oxygens (including phenoxy) is 1. The molecule has 1 N–H and O–H groups in total. The van der Waals surface area contributed by atoms with Gasteiger partial charge in [0.1, 0.15) is 11.8 Å². The lowest BCUT2D eigenvalue weighted by Crippen LogP contribution is -2.51. The van der Waals surface area contributed by atoms with E-state index >= 15 is 0 Å². The zero-order valence-electron chi connectivity index (χ0n) is 22.0. The van der Waals surface area contributed by atoms with Gasteiger partial charge in [0.25, 0.3) is 5.91 Å². The molecule has 37 heavy (non-hydrogen) atoms. The van der Waals surface area contributed by atoms with Gasteiger partial charge < -0.3 is 15.0 Å². The van der Waals surface area contributed by atoms with Crippen LogP contribution < -0.4 is 10.1 Å². The third-order valence-corrected chi connectivity index (χ3v) is 6.68. The van der Waals surface area contributed by atoms with Gasteiger partial charge in [-0.15, -0.1) is 0 Å². The number of carbonyl (C=O) groups excluding carboxylic acids is 2. The lowest BCUT2D eigenvalue weighted by Gasteiger charge is -2.31. The predicted molar refractivity (Wildman–Crippen MR) is 150 cm³/mol. The van der Waals surface area contributed by atoms with Crippen molar-refractivity contribution in [2.75, 3.05) is 13.2 Å². The third kappa shape index (κ3) is 8.64. The summed E-state index contributed by atoms with van der Waals surface area (Å²) in [6.45, 7) is 6.92. The highest BCUT2D eigenvalue weighted by atomic mass is 35.5. The fraction of sp³-hybridized carbons (Fsp3) is 0.355. The number of benzene rings is 3. The van der Waals surface area contributed by atoms with E-state index in [9.17, 15) is 9.59 Å². The molecular weight excluding hydrogens is 484 g/mol. The number of carbonyl (C=O) groups is 2. The van der Waals surface area contributed by atoms with Crippen molar-refractivity contribution in [3.05, 3.63) is 101 Å². The van der Waals surface area contributed by atoms with Gasteiger partial charge in [-0.1, -0.05) is 99.5 Å². The van der Waals surface area contributed by atoms with Crippen molar-refractivity contribution in [3.8, 4) is 5.75 Å². The molecule has 0 aromatic heterocycles. The van der Waals surface area contributed by atoms with Gasteiger partial charge in [-0.05, 0) is 47.2 Å². The first kappa shape index (κ1) is 28.3. The van der Waals surface area contributed by atoms with Crippen molar-refractivity contribution < 1.29 is 14.3 Å². The number of nitrogens with one attached hydrogen (secondary N) is 1. The molecule has 0 aliphatic rings. The van der Waals surface area contributed by atoms with Crippen LogP contribution in [0.15, 0.2) is 78.9 Å². The van der Waals surface area contributed by atoms with Crippen molar-refractivity contribution >= 4 is 23.4 Å². The standard InChI is InChI=1S/C31H37ClN2O3/c1-4-5-19-33-31(36)29(20-24-11-7-6-8-12-24)34(21-26-13-9-10-14-28(26)32)30(35)22-37-27-17-15-25(16-18-27)23(2)3/h6-18,23,29H,4-5,19-22H2,1-3H3,(H,33,36)/t29-/m0/s1. The van der Waals surface area contributed by atoms with Crippen LogP contribution >= 0.6 is 11.6 Å². The second-order valence-corrected chi connectivity index (χ2v) is 9.88. The number of rotatable bonds is 13. The summed E-state index contributed by atoms with van der Waals surface area (Å²) in [4.78, 5) is 28.7. The second kappa shape index (κ2) is 14.4. The Bertz CT molecular complexity index is 1130. The van der Waals surface area contributed by atoms with Crippen molar-refractivity contribution in [3.63, 3.8) is 0 Å². The molecule has 0 unspecified atom stereocenters. The average Bonchev–Trinajstić information content (AvgIpc) is 2.91. The molecule has 3 aromatic rings. The third-order valence-electron chi connectivity index (χ3n) is 6.31. The lowest BCUT2D eigenvalue weighted by atomic mass is 10.0. The summed E-state index contributed by atoms with van der Waals surface area (Å²) in [7, 11) is 0. The number of halogens is 1. The fourth-order valence-corrected chi connectivity index (χ4v) is 4.24. The number of hydrogen-bond acceptors (Lipinski definition) is 3. The molecule has 3 rings (SSSR count). The molecule has 2 amide bonds. The second-order valence-electron chi connectivity index (χ2n) is 9.48. The van der Waals surface area contributed by atoms with Crippen LogP contribution in [0.1, 0.15) is 56.2 Å². The Morgan fingerprint density at radius 2 is 1.62 bits per heavy atom. The Kier molecular flexibility index (Phi) is 11.0. The number of amides is 2. The Balaban J connectivity index is 1.87. The van der Waals surface area contributed by atoms with E-state index in [-0.39, 0.29) is 25.0 Å². The van der Waals surface area contributed by atoms with Crippen LogP contribution in [0.5, 0.6) is 5.75 Å². The van der Waals surface area contributed by atoms with Crippen LogP contribution in [0.2, 0.25) is 5.02 Å². The minimum absolute atomic E-state index is 0.181. The molecular formula is C31H37ClN2O3. The van der Waals surface area contributed by atoms with Crippen LogP contribution in [0.25, 0.3) is 0 Å². The van der Waals surface area contributed by atoms with E-state index in [1.807, 2.05) is 72.8 Å². The molecule has 1 atom stereocenters. The first-order chi connectivity index (χ1) is 17.9. The van der Waals surface area contributed by atoms with E-state index in [1.165, 1.54) is 5.56 Å². The normalized spacial score (nSPS) is 11.7. The molecule has 0 aliphatic carbocycles. The topological polar surface area (TPSA) is 58.6 Å². The fourth-order valence-electron chi connectivity index (χ4n) is 4.05. The van der Waals surface area contributed by atoms with E-state index in [0.29, 0.717) is 29.7 Å². The first-order valence-electron chi connectivity index (χ1n) is 13.0. The Hall–Kier alpha value is -3.31. The van der Waals surface area contributed by atoms with Crippen molar-refractivity contribution in [2.24, 2.45) is 0 Å². The highest BCUT2D eigenvalue weighted by Crippen LogP contribution is 2.22. The molecule has 0 saturated carbocycles. The summed E-state index contributed by atoms with van der Waals surface area (Å²) in [5.41, 5.74) is 2.95. The minimum atomic E-state index is -0.713. The molecule has 0 bridgehead atoms. The first-order valence-corrected chi connectivity index (χ1v) is 13.3. The van der Waals surface area contributed by atoms with Gasteiger partial charge in [0.2, 0.25) is 5.91 Å². The largest absolute Gasteiger partial charge is 0.484 e. The van der Waals surface area contributed by atoms with E-state index < -0.39 is 6.04 Å². The number of nitrogens with zero attached hydrogens (tertiary/aromatic N) is 1.